The molecular weight excluding hydrogens is 511 g/mol. The second kappa shape index (κ2) is 9.31. The summed E-state index contributed by atoms with van der Waals surface area (Å²) < 4.78 is 39.7. The third-order valence-electron chi connectivity index (χ3n) is 7.26. The highest BCUT2D eigenvalue weighted by Crippen LogP contribution is 2.46. The van der Waals surface area contributed by atoms with E-state index in [0.29, 0.717) is 11.5 Å². The van der Waals surface area contributed by atoms with Crippen molar-refractivity contribution in [1.82, 2.24) is 19.4 Å². The average Bonchev–Trinajstić information content (AvgIpc) is 3.23. The Morgan fingerprint density at radius 3 is 2.53 bits per heavy atom. The van der Waals surface area contributed by atoms with E-state index in [0.717, 1.165) is 55.4 Å². The number of carbonyl (C=O) groups excluding carboxylic acids is 1. The summed E-state index contributed by atoms with van der Waals surface area (Å²) in [6, 6.07) is 5.56. The van der Waals surface area contributed by atoms with Crippen LogP contribution in [0.5, 0.6) is 0 Å². The van der Waals surface area contributed by atoms with Crippen LogP contribution in [0.1, 0.15) is 52.9 Å². The molecule has 1 aromatic carbocycles. The monoisotopic (exact) mass is 542 g/mol. The van der Waals surface area contributed by atoms with E-state index in [1.807, 2.05) is 24.9 Å². The molecule has 0 atom stereocenters. The summed E-state index contributed by atoms with van der Waals surface area (Å²) in [6.45, 7) is 5.61. The van der Waals surface area contributed by atoms with Crippen LogP contribution in [0.2, 0.25) is 0 Å². The predicted octanol–water partition coefficient (Wildman–Crippen LogP) is 3.64. The molecule has 0 saturated heterocycles. The molecular formula is C25H31FN8O3S. The van der Waals surface area contributed by atoms with Gasteiger partial charge in [0.15, 0.2) is 5.84 Å². The van der Waals surface area contributed by atoms with Gasteiger partial charge in [-0.2, -0.15) is 10.1 Å². The molecule has 2 aliphatic rings. The Balaban J connectivity index is 1.65. The molecule has 202 valence electrons. The summed E-state index contributed by atoms with van der Waals surface area (Å²) in [5.41, 5.74) is 0.376. The Hall–Kier alpha value is -3.58. The summed E-state index contributed by atoms with van der Waals surface area (Å²) in [7, 11) is -2.42. The quantitative estimate of drug-likeness (QED) is 0.513. The van der Waals surface area contributed by atoms with Gasteiger partial charge in [0.2, 0.25) is 21.9 Å². The molecule has 1 aliphatic heterocycles. The van der Waals surface area contributed by atoms with Crippen LogP contribution in [0.4, 0.5) is 21.8 Å². The number of rotatable bonds is 4. The smallest absolute Gasteiger partial charge is 0.240 e. The van der Waals surface area contributed by atoms with Crippen molar-refractivity contribution in [2.24, 2.45) is 10.2 Å². The summed E-state index contributed by atoms with van der Waals surface area (Å²) in [5.74, 6) is 0.705. The van der Waals surface area contributed by atoms with Crippen LogP contribution < -0.4 is 15.5 Å². The minimum atomic E-state index is -4.18. The first-order chi connectivity index (χ1) is 17.9. The largest absolute Gasteiger partial charge is 0.324 e. The minimum Gasteiger partial charge on any atom is -0.324 e. The normalized spacial score (nSPS) is 17.0. The molecule has 13 heteroatoms. The first-order valence-electron chi connectivity index (χ1n) is 12.5. The van der Waals surface area contributed by atoms with Crippen molar-refractivity contribution in [3.63, 3.8) is 0 Å². The highest BCUT2D eigenvalue weighted by atomic mass is 32.2. The SMILES string of the molecule is CC(=O)N(C)C1=NN(C(C)C)c2cc3cnc(Nc4ccc(S(N)(=O)=O)c(F)c4)nc3n2C12CCCCC2. The first-order valence-corrected chi connectivity index (χ1v) is 14.1. The highest BCUT2D eigenvalue weighted by Gasteiger charge is 2.48. The zero-order valence-corrected chi connectivity index (χ0v) is 22.6. The number of hydrogen-bond donors (Lipinski definition) is 2. The molecule has 0 bridgehead atoms. The fourth-order valence-corrected chi connectivity index (χ4v) is 5.99. The van der Waals surface area contributed by atoms with Crippen molar-refractivity contribution in [3.8, 4) is 0 Å². The molecule has 3 aromatic rings. The van der Waals surface area contributed by atoms with Crippen molar-refractivity contribution >= 4 is 50.3 Å². The number of primary sulfonamides is 1. The van der Waals surface area contributed by atoms with Gasteiger partial charge in [0.05, 0.1) is 0 Å². The van der Waals surface area contributed by atoms with E-state index in [1.54, 1.807) is 18.1 Å². The maximum atomic E-state index is 14.4. The molecule has 3 N–H and O–H groups in total. The molecule has 1 spiro atoms. The lowest BCUT2D eigenvalue weighted by molar-refractivity contribution is -0.124. The lowest BCUT2D eigenvalue weighted by Gasteiger charge is -2.47. The summed E-state index contributed by atoms with van der Waals surface area (Å²) in [6.07, 6.45) is 6.37. The topological polar surface area (TPSA) is 139 Å². The number of aromatic nitrogens is 3. The number of hydrogen-bond acceptors (Lipinski definition) is 8. The molecule has 0 radical (unpaired) electrons. The standard InChI is InChI=1S/C25H31FN8O3S/c1-15(2)34-21-12-17-14-28-24(29-18-8-9-20(19(26)13-18)38(27,36)37)30-22(17)33(21)25(10-6-5-7-11-25)23(31-34)32(4)16(3)35/h8-9,12-15H,5-7,10-11H2,1-4H3,(H2,27,36,37)(H,28,29,30). The second-order valence-electron chi connectivity index (χ2n) is 10.2. The van der Waals surface area contributed by atoms with Gasteiger partial charge in [-0.05, 0) is 51.0 Å². The van der Waals surface area contributed by atoms with E-state index >= 15 is 0 Å². The molecule has 38 heavy (non-hydrogen) atoms. The lowest BCUT2D eigenvalue weighted by Crippen LogP contribution is -2.56. The molecule has 1 saturated carbocycles. The van der Waals surface area contributed by atoms with Crippen LogP contribution in [0.15, 0.2) is 40.5 Å². The lowest BCUT2D eigenvalue weighted by atomic mass is 9.79. The predicted molar refractivity (Wildman–Crippen MR) is 143 cm³/mol. The van der Waals surface area contributed by atoms with E-state index in [9.17, 15) is 17.6 Å². The molecule has 1 aliphatic carbocycles. The number of amidine groups is 1. The second-order valence-corrected chi connectivity index (χ2v) is 11.7. The Labute approximate surface area is 220 Å². The van der Waals surface area contributed by atoms with Crippen molar-refractivity contribution in [2.45, 2.75) is 69.4 Å². The van der Waals surface area contributed by atoms with Crippen LogP contribution in [0, 0.1) is 5.82 Å². The molecule has 1 amide bonds. The average molecular weight is 543 g/mol. The zero-order valence-electron chi connectivity index (χ0n) is 21.8. The number of carbonyl (C=O) groups is 1. The van der Waals surface area contributed by atoms with Crippen LogP contribution >= 0.6 is 0 Å². The number of nitrogens with zero attached hydrogens (tertiary/aromatic N) is 6. The Morgan fingerprint density at radius 1 is 1.21 bits per heavy atom. The van der Waals surface area contributed by atoms with E-state index < -0.39 is 26.3 Å². The third-order valence-corrected chi connectivity index (χ3v) is 8.20. The molecule has 3 heterocycles. The number of sulfonamides is 1. The van der Waals surface area contributed by atoms with Gasteiger partial charge >= 0.3 is 0 Å². The van der Waals surface area contributed by atoms with Gasteiger partial charge in [-0.3, -0.25) is 9.36 Å². The maximum absolute atomic E-state index is 14.4. The van der Waals surface area contributed by atoms with E-state index in [4.69, 9.17) is 15.2 Å². The van der Waals surface area contributed by atoms with Crippen molar-refractivity contribution < 1.29 is 17.6 Å². The van der Waals surface area contributed by atoms with Crippen molar-refractivity contribution in [2.75, 3.05) is 17.4 Å². The van der Waals surface area contributed by atoms with Gasteiger partial charge in [0.25, 0.3) is 0 Å². The zero-order chi connectivity index (χ0) is 27.4. The Morgan fingerprint density at radius 2 is 1.92 bits per heavy atom. The van der Waals surface area contributed by atoms with Crippen LogP contribution in [-0.4, -0.2) is 52.7 Å². The summed E-state index contributed by atoms with van der Waals surface area (Å²) in [4.78, 5) is 22.8. The molecule has 11 nitrogen and oxygen atoms in total. The summed E-state index contributed by atoms with van der Waals surface area (Å²) in [5, 5.41) is 15.8. The fourth-order valence-electron chi connectivity index (χ4n) is 5.40. The molecule has 0 unspecified atom stereocenters. The van der Waals surface area contributed by atoms with Gasteiger partial charge in [-0.25, -0.2) is 27.9 Å². The number of hydrazone groups is 1. The molecule has 5 rings (SSSR count). The van der Waals surface area contributed by atoms with Crippen LogP contribution in [0.3, 0.4) is 0 Å². The number of halogens is 1. The van der Waals surface area contributed by atoms with Gasteiger partial charge in [0, 0.05) is 37.3 Å². The number of fused-ring (bicyclic) bond motifs is 4. The van der Waals surface area contributed by atoms with E-state index in [-0.39, 0.29) is 23.6 Å². The summed E-state index contributed by atoms with van der Waals surface area (Å²) >= 11 is 0. The first kappa shape index (κ1) is 26.0. The Kier molecular flexibility index (Phi) is 6.38. The van der Waals surface area contributed by atoms with Gasteiger partial charge in [0.1, 0.15) is 27.7 Å². The molecule has 1 fully saturated rings. The van der Waals surface area contributed by atoms with Crippen molar-refractivity contribution in [3.05, 3.63) is 36.3 Å². The minimum absolute atomic E-state index is 0.0141. The van der Waals surface area contributed by atoms with Gasteiger partial charge in [-0.1, -0.05) is 19.3 Å². The van der Waals surface area contributed by atoms with E-state index in [2.05, 4.69) is 14.9 Å². The number of nitrogens with one attached hydrogen (secondary N) is 1. The van der Waals surface area contributed by atoms with Gasteiger partial charge < -0.3 is 10.2 Å². The van der Waals surface area contributed by atoms with Gasteiger partial charge in [-0.15, -0.1) is 0 Å². The third kappa shape index (κ3) is 4.29. The van der Waals surface area contributed by atoms with Crippen LogP contribution in [-0.2, 0) is 20.4 Å². The van der Waals surface area contributed by atoms with Crippen LogP contribution in [0.25, 0.3) is 11.0 Å². The number of nitrogens with two attached hydrogens (primary N) is 1. The number of likely N-dealkylation sites (N-methyl/N-ethyl adjacent to an activating group) is 1. The number of amides is 1. The highest BCUT2D eigenvalue weighted by molar-refractivity contribution is 7.89. The van der Waals surface area contributed by atoms with Crippen molar-refractivity contribution in [1.29, 1.82) is 0 Å². The molecule has 2 aromatic heterocycles. The maximum Gasteiger partial charge on any atom is 0.240 e. The number of benzene rings is 1. The number of anilines is 3. The fraction of sp³-hybridized carbons (Fsp3) is 0.440. The Bertz CT molecular complexity index is 1560. The van der Waals surface area contributed by atoms with E-state index in [1.165, 1.54) is 13.0 Å².